The van der Waals surface area contributed by atoms with Crippen LogP contribution >= 0.6 is 0 Å². The number of carboxylic acids is 1. The van der Waals surface area contributed by atoms with Crippen molar-refractivity contribution in [2.75, 3.05) is 0 Å². The zero-order valence-electron chi connectivity index (χ0n) is 8.63. The number of carbonyl (C=O) groups excluding carboxylic acids is 1. The molecule has 0 aliphatic rings. The molecule has 0 saturated carbocycles. The summed E-state index contributed by atoms with van der Waals surface area (Å²) < 4.78 is 110. The average molecular weight is 298 g/mol. The van der Waals surface area contributed by atoms with E-state index >= 15 is 0 Å². The largest absolute Gasteiger partial charge is 1.00 e. The minimum atomic E-state index is -6.83. The van der Waals surface area contributed by atoms with Crippen LogP contribution in [0.2, 0.25) is 0 Å². The van der Waals surface area contributed by atoms with Gasteiger partial charge in [0, 0.05) is 0 Å². The molecule has 13 heteroatoms. The van der Waals surface area contributed by atoms with Crippen LogP contribution in [0.4, 0.5) is 39.5 Å². The van der Waals surface area contributed by atoms with E-state index in [4.69, 9.17) is 0 Å². The zero-order chi connectivity index (χ0) is 14.9. The van der Waals surface area contributed by atoms with E-state index in [9.17, 15) is 49.4 Å². The Bertz CT molecular complexity index is 376. The Labute approximate surface area is 110 Å². The van der Waals surface area contributed by atoms with Gasteiger partial charge >= 0.3 is 48.9 Å². The summed E-state index contributed by atoms with van der Waals surface area (Å²) in [6.45, 7) is 0. The van der Waals surface area contributed by atoms with Crippen molar-refractivity contribution in [2.24, 2.45) is 0 Å². The molecule has 0 aliphatic carbocycles. The maximum Gasteiger partial charge on any atom is 1.00 e. The second-order valence-corrected chi connectivity index (χ2v) is 2.59. The second-order valence-electron chi connectivity index (χ2n) is 2.59. The van der Waals surface area contributed by atoms with E-state index in [2.05, 4.69) is 0 Å². The molecule has 0 rings (SSSR count). The van der Waals surface area contributed by atoms with Crippen molar-refractivity contribution < 1.29 is 73.0 Å². The molecule has 106 valence electrons. The fourth-order valence-corrected chi connectivity index (χ4v) is 0.526. The smallest absolute Gasteiger partial charge is 0.544 e. The number of hydrogen-bond acceptors (Lipinski definition) is 3. The molecule has 19 heavy (non-hydrogen) atoms. The van der Waals surface area contributed by atoms with E-state index in [0.717, 1.165) is 0 Å². The normalized spacial score (nSPS) is 12.5. The average Bonchev–Trinajstić information content (AvgIpc) is 2.15. The Kier molecular flexibility index (Phi) is 6.36. The first kappa shape index (κ1) is 20.3. The van der Waals surface area contributed by atoms with Crippen LogP contribution in [0.3, 0.4) is 0 Å². The third-order valence-electron chi connectivity index (χ3n) is 1.38. The summed E-state index contributed by atoms with van der Waals surface area (Å²) in [6.07, 6.45) is -10.2. The molecule has 0 amide bonds. The number of alkyl halides is 6. The molecule has 0 spiro atoms. The van der Waals surface area contributed by atoms with Gasteiger partial charge in [-0.15, -0.1) is 0 Å². The summed E-state index contributed by atoms with van der Waals surface area (Å²) in [7, 11) is 0. The Hall–Kier alpha value is -1.02. The van der Waals surface area contributed by atoms with E-state index in [1.807, 2.05) is 4.74 Å². The summed E-state index contributed by atoms with van der Waals surface area (Å²) in [6, 6.07) is -3.56. The first-order chi connectivity index (χ1) is 7.77. The zero-order valence-corrected chi connectivity index (χ0v) is 8.63. The molecule has 0 aromatic rings. The van der Waals surface area contributed by atoms with Crippen LogP contribution in [0, 0.1) is 0 Å². The summed E-state index contributed by atoms with van der Waals surface area (Å²) >= 11 is 0. The Balaban J connectivity index is 0. The number of halogens is 9. The number of rotatable bonds is 5. The van der Waals surface area contributed by atoms with Gasteiger partial charge < -0.3 is 14.6 Å². The van der Waals surface area contributed by atoms with E-state index in [0.29, 0.717) is 0 Å². The van der Waals surface area contributed by atoms with Gasteiger partial charge in [-0.1, -0.05) is 0 Å². The second kappa shape index (κ2) is 5.96. The summed E-state index contributed by atoms with van der Waals surface area (Å²) in [4.78, 5) is 9.55. The van der Waals surface area contributed by atoms with Crippen molar-refractivity contribution in [2.45, 2.75) is 18.0 Å². The van der Waals surface area contributed by atoms with Gasteiger partial charge in [-0.25, -0.2) is 0 Å². The monoisotopic (exact) mass is 298 g/mol. The van der Waals surface area contributed by atoms with Crippen molar-refractivity contribution in [3.8, 4) is 0 Å². The molecule has 0 aliphatic heterocycles. The van der Waals surface area contributed by atoms with Crippen LogP contribution in [0.25, 0.3) is 0 Å². The molecule has 0 atom stereocenters. The van der Waals surface area contributed by atoms with Crippen LogP contribution in [0.1, 0.15) is 0 Å². The van der Waals surface area contributed by atoms with Crippen molar-refractivity contribution in [3.05, 3.63) is 12.1 Å². The SMILES string of the molecule is O=C([O-])C(F)(F)C(F)(F)C(F)(F)OC(F)=C(F)F.[Li+]. The Morgan fingerprint density at radius 1 is 0.947 bits per heavy atom. The Morgan fingerprint density at radius 3 is 1.58 bits per heavy atom. The number of aliphatic carboxylic acids is 1. The predicted molar refractivity (Wildman–Crippen MR) is 31.3 cm³/mol. The molecule has 0 aromatic carbocycles. The summed E-state index contributed by atoms with van der Waals surface area (Å²) in [5, 5.41) is 9.55. The summed E-state index contributed by atoms with van der Waals surface area (Å²) in [5.74, 6) is -17.2. The van der Waals surface area contributed by atoms with E-state index in [-0.39, 0.29) is 18.9 Å². The molecular weight excluding hydrogens is 298 g/mol. The fourth-order valence-electron chi connectivity index (χ4n) is 0.526. The van der Waals surface area contributed by atoms with Crippen molar-refractivity contribution >= 4 is 5.97 Å². The van der Waals surface area contributed by atoms with Gasteiger partial charge in [-0.3, -0.25) is 0 Å². The first-order valence-corrected chi connectivity index (χ1v) is 3.52. The fraction of sp³-hybridized carbons (Fsp3) is 0.500. The number of ether oxygens (including phenoxy) is 1. The maximum atomic E-state index is 12.4. The molecule has 0 N–H and O–H groups in total. The minimum Gasteiger partial charge on any atom is -0.544 e. The van der Waals surface area contributed by atoms with Crippen molar-refractivity contribution in [1.29, 1.82) is 0 Å². The molecule has 0 aromatic heterocycles. The van der Waals surface area contributed by atoms with Gasteiger partial charge in [0.25, 0.3) is 0 Å². The molecule has 0 bridgehead atoms. The van der Waals surface area contributed by atoms with E-state index in [1.54, 1.807) is 0 Å². The number of hydrogen-bond donors (Lipinski definition) is 0. The van der Waals surface area contributed by atoms with Gasteiger partial charge in [-0.05, 0) is 0 Å². The van der Waals surface area contributed by atoms with Gasteiger partial charge in [0.15, 0.2) is 0 Å². The van der Waals surface area contributed by atoms with E-state index in [1.165, 1.54) is 0 Å². The summed E-state index contributed by atoms with van der Waals surface area (Å²) in [5.41, 5.74) is 0. The Morgan fingerprint density at radius 2 is 1.32 bits per heavy atom. The standard InChI is InChI=1S/C6HF9O3.Li/c7-1(8)2(9)18-6(14,15)5(12,13)4(10,11)3(16)17;/h(H,16,17);/q;+1/p-1. The number of carboxylic acid groups (broad SMARTS) is 1. The van der Waals surface area contributed by atoms with Gasteiger partial charge in [0.1, 0.15) is 5.97 Å². The van der Waals surface area contributed by atoms with Crippen molar-refractivity contribution in [3.63, 3.8) is 0 Å². The predicted octanol–water partition coefficient (Wildman–Crippen LogP) is -1.34. The molecule has 0 heterocycles. The van der Waals surface area contributed by atoms with Crippen LogP contribution in [0.15, 0.2) is 12.1 Å². The first-order valence-electron chi connectivity index (χ1n) is 3.52. The molecule has 0 saturated heterocycles. The third-order valence-corrected chi connectivity index (χ3v) is 1.38. The van der Waals surface area contributed by atoms with Crippen LogP contribution in [-0.4, -0.2) is 23.9 Å². The van der Waals surface area contributed by atoms with Crippen LogP contribution in [-0.2, 0) is 9.53 Å². The van der Waals surface area contributed by atoms with Gasteiger partial charge in [0.2, 0.25) is 0 Å². The van der Waals surface area contributed by atoms with Gasteiger partial charge in [-0.2, -0.15) is 39.5 Å². The van der Waals surface area contributed by atoms with Crippen LogP contribution in [0.5, 0.6) is 0 Å². The topological polar surface area (TPSA) is 49.4 Å². The minimum absolute atomic E-state index is 0. The number of carbonyl (C=O) groups is 1. The molecule has 0 unspecified atom stereocenters. The third kappa shape index (κ3) is 3.72. The molecular formula is C6F9LiO3. The van der Waals surface area contributed by atoms with Gasteiger partial charge in [0.05, 0.1) is 0 Å². The maximum absolute atomic E-state index is 12.4. The van der Waals surface area contributed by atoms with E-state index < -0.39 is 36.0 Å². The quantitative estimate of drug-likeness (QED) is 0.358. The molecule has 3 nitrogen and oxygen atoms in total. The molecule has 0 fully saturated rings. The molecule has 0 radical (unpaired) electrons. The van der Waals surface area contributed by atoms with Crippen LogP contribution < -0.4 is 24.0 Å². The van der Waals surface area contributed by atoms with Crippen molar-refractivity contribution in [1.82, 2.24) is 0 Å².